The van der Waals surface area contributed by atoms with E-state index >= 15 is 0 Å². The lowest BCUT2D eigenvalue weighted by Crippen LogP contribution is -2.48. The van der Waals surface area contributed by atoms with Crippen molar-refractivity contribution < 1.29 is 14.7 Å². The van der Waals surface area contributed by atoms with Gasteiger partial charge in [-0.15, -0.1) is 0 Å². The zero-order valence-corrected chi connectivity index (χ0v) is 13.9. The molecule has 1 aliphatic heterocycles. The van der Waals surface area contributed by atoms with Crippen LogP contribution in [0.4, 0.5) is 0 Å². The van der Waals surface area contributed by atoms with Gasteiger partial charge in [-0.05, 0) is 24.6 Å². The van der Waals surface area contributed by atoms with Crippen LogP contribution in [-0.4, -0.2) is 27.1 Å². The van der Waals surface area contributed by atoms with E-state index in [-0.39, 0.29) is 9.23 Å². The Labute approximate surface area is 142 Å². The maximum Gasteiger partial charge on any atom is 0.266 e. The van der Waals surface area contributed by atoms with Crippen LogP contribution in [0.3, 0.4) is 0 Å². The number of rotatable bonds is 4. The molecule has 0 N–H and O–H groups in total. The summed E-state index contributed by atoms with van der Waals surface area (Å²) in [6, 6.07) is 8.26. The lowest BCUT2D eigenvalue weighted by Gasteiger charge is -2.23. The largest absolute Gasteiger partial charge is 0.548 e. The first-order valence-corrected chi connectivity index (χ1v) is 7.90. The average molecular weight is 353 g/mol. The Morgan fingerprint density at radius 1 is 1.41 bits per heavy atom. The number of halogens is 1. The summed E-state index contributed by atoms with van der Waals surface area (Å²) in [6.45, 7) is 1.35. The summed E-state index contributed by atoms with van der Waals surface area (Å²) in [4.78, 5) is 24.4. The fourth-order valence-electron chi connectivity index (χ4n) is 1.79. The monoisotopic (exact) mass is 352 g/mol. The number of nitrogens with zero attached hydrogens (tertiary/aromatic N) is 1. The number of hydrogen-bond donors (Lipinski definition) is 0. The highest BCUT2D eigenvalue weighted by Gasteiger charge is 2.35. The van der Waals surface area contributed by atoms with E-state index in [1.807, 2.05) is 30.3 Å². The van der Waals surface area contributed by atoms with Gasteiger partial charge in [0.1, 0.15) is 4.32 Å². The molecule has 1 aromatic carbocycles. The van der Waals surface area contributed by atoms with Gasteiger partial charge in [0.15, 0.2) is 0 Å². The van der Waals surface area contributed by atoms with Crippen molar-refractivity contribution in [3.8, 4) is 0 Å². The molecule has 0 aliphatic carbocycles. The van der Waals surface area contributed by atoms with Gasteiger partial charge in [-0.1, -0.05) is 65.9 Å². The van der Waals surface area contributed by atoms with Gasteiger partial charge in [0.25, 0.3) is 5.91 Å². The van der Waals surface area contributed by atoms with Gasteiger partial charge in [0, 0.05) is 5.03 Å². The van der Waals surface area contributed by atoms with Crippen LogP contribution in [0.5, 0.6) is 0 Å². The van der Waals surface area contributed by atoms with Gasteiger partial charge in [-0.3, -0.25) is 9.69 Å². The third-order valence-electron chi connectivity index (χ3n) is 2.93. The van der Waals surface area contributed by atoms with Crippen molar-refractivity contribution in [3.63, 3.8) is 0 Å². The van der Waals surface area contributed by atoms with E-state index in [0.29, 0.717) is 5.03 Å². The molecule has 1 heterocycles. The van der Waals surface area contributed by atoms with Gasteiger partial charge in [0.05, 0.1) is 16.9 Å². The third-order valence-corrected chi connectivity index (χ3v) is 4.47. The highest BCUT2D eigenvalue weighted by Crippen LogP contribution is 2.33. The minimum Gasteiger partial charge on any atom is -0.548 e. The topological polar surface area (TPSA) is 60.4 Å². The minimum atomic E-state index is -1.36. The molecule has 0 bridgehead atoms. The molecule has 7 heteroatoms. The van der Waals surface area contributed by atoms with Crippen LogP contribution in [0.2, 0.25) is 0 Å². The normalized spacial score (nSPS) is 18.9. The predicted molar refractivity (Wildman–Crippen MR) is 89.9 cm³/mol. The Morgan fingerprint density at radius 3 is 2.64 bits per heavy atom. The molecule has 4 nitrogen and oxygen atoms in total. The molecule has 1 fully saturated rings. The van der Waals surface area contributed by atoms with Crippen LogP contribution < -0.4 is 5.11 Å². The molecule has 22 heavy (non-hydrogen) atoms. The summed E-state index contributed by atoms with van der Waals surface area (Å²) in [5.74, 6) is -1.84. The van der Waals surface area contributed by atoms with Crippen molar-refractivity contribution in [2.75, 3.05) is 0 Å². The first-order valence-electron chi connectivity index (χ1n) is 6.30. The highest BCUT2D eigenvalue weighted by atomic mass is 35.5. The van der Waals surface area contributed by atoms with Crippen molar-refractivity contribution >= 4 is 57.9 Å². The average Bonchev–Trinajstić information content (AvgIpc) is 2.73. The first kappa shape index (κ1) is 16.7. The molecule has 0 spiro atoms. The molecule has 0 aromatic heterocycles. The Bertz CT molecular complexity index is 685. The summed E-state index contributed by atoms with van der Waals surface area (Å²) in [5.41, 5.74) is 0.891. The molecule has 114 valence electrons. The minimum absolute atomic E-state index is 0.178. The van der Waals surface area contributed by atoms with Crippen molar-refractivity contribution in [2.24, 2.45) is 0 Å². The number of carboxylic acid groups (broad SMARTS) is 1. The molecule has 1 amide bonds. The molecular formula is C15H11ClNO3S2-. The Kier molecular flexibility index (Phi) is 5.39. The van der Waals surface area contributed by atoms with Gasteiger partial charge in [-0.25, -0.2) is 0 Å². The zero-order chi connectivity index (χ0) is 16.3. The summed E-state index contributed by atoms with van der Waals surface area (Å²) in [7, 11) is 0. The van der Waals surface area contributed by atoms with E-state index in [1.54, 1.807) is 6.08 Å². The van der Waals surface area contributed by atoms with Crippen molar-refractivity contribution in [3.05, 3.63) is 51.9 Å². The van der Waals surface area contributed by atoms with Crippen LogP contribution >= 0.6 is 35.6 Å². The summed E-state index contributed by atoms with van der Waals surface area (Å²) >= 11 is 12.2. The van der Waals surface area contributed by atoms with Gasteiger partial charge < -0.3 is 9.90 Å². The van der Waals surface area contributed by atoms with E-state index in [2.05, 4.69) is 0 Å². The molecule has 0 unspecified atom stereocenters. The van der Waals surface area contributed by atoms with Crippen LogP contribution in [0, 0.1) is 0 Å². The fourth-order valence-corrected chi connectivity index (χ4v) is 3.50. The predicted octanol–water partition coefficient (Wildman–Crippen LogP) is 2.15. The molecule has 0 saturated carbocycles. The van der Waals surface area contributed by atoms with Crippen LogP contribution in [-0.2, 0) is 9.59 Å². The maximum absolute atomic E-state index is 12.2. The molecule has 1 saturated heterocycles. The summed E-state index contributed by atoms with van der Waals surface area (Å²) in [5, 5.41) is 11.3. The second kappa shape index (κ2) is 7.09. The van der Waals surface area contributed by atoms with Gasteiger partial charge >= 0.3 is 0 Å². The quantitative estimate of drug-likeness (QED) is 0.614. The maximum atomic E-state index is 12.2. The van der Waals surface area contributed by atoms with Crippen molar-refractivity contribution in [1.82, 2.24) is 4.90 Å². The van der Waals surface area contributed by atoms with Gasteiger partial charge in [-0.2, -0.15) is 0 Å². The number of hydrogen-bond acceptors (Lipinski definition) is 5. The van der Waals surface area contributed by atoms with E-state index in [9.17, 15) is 14.7 Å². The number of thioether (sulfide) groups is 1. The Hall–Kier alpha value is -1.63. The second-order valence-electron chi connectivity index (χ2n) is 4.49. The van der Waals surface area contributed by atoms with Crippen molar-refractivity contribution in [1.29, 1.82) is 0 Å². The van der Waals surface area contributed by atoms with E-state index in [0.717, 1.165) is 22.2 Å². The molecule has 1 atom stereocenters. The van der Waals surface area contributed by atoms with Crippen LogP contribution in [0.1, 0.15) is 12.5 Å². The molecular weight excluding hydrogens is 342 g/mol. The fraction of sp³-hybridized carbons (Fsp3) is 0.133. The number of carbonyl (C=O) groups excluding carboxylic acids is 2. The number of carbonyl (C=O) groups is 2. The smallest absolute Gasteiger partial charge is 0.266 e. The standard InChI is InChI=1S/C15H12ClNO3S2/c1-9(14(19)20)17-13(18)12(22-15(17)21)8-11(16)7-10-5-3-2-4-6-10/h2-9H,1H3,(H,19,20)/p-1/b11-7-,12-8-/t9-/m0/s1. The molecule has 0 radical (unpaired) electrons. The van der Waals surface area contributed by atoms with Crippen LogP contribution in [0.25, 0.3) is 6.08 Å². The SMILES string of the molecule is C[C@@H](C(=O)[O-])N1C(=O)/C(=C/C(Cl)=C/c2ccccc2)SC1=S. The molecule has 1 aliphatic rings. The summed E-state index contributed by atoms with van der Waals surface area (Å²) < 4.78 is 0.178. The lowest BCUT2D eigenvalue weighted by atomic mass is 10.2. The van der Waals surface area contributed by atoms with E-state index in [4.69, 9.17) is 23.8 Å². The van der Waals surface area contributed by atoms with E-state index in [1.165, 1.54) is 13.0 Å². The molecule has 1 aromatic rings. The number of benzene rings is 1. The Balaban J connectivity index is 2.23. The lowest BCUT2D eigenvalue weighted by molar-refractivity contribution is -0.309. The number of allylic oxidation sites excluding steroid dienone is 2. The summed E-state index contributed by atoms with van der Waals surface area (Å²) in [6.07, 6.45) is 3.19. The van der Waals surface area contributed by atoms with Crippen molar-refractivity contribution in [2.45, 2.75) is 13.0 Å². The number of amides is 1. The number of thiocarbonyl (C=S) groups is 1. The molecule has 2 rings (SSSR count). The Morgan fingerprint density at radius 2 is 2.05 bits per heavy atom. The van der Waals surface area contributed by atoms with Gasteiger partial charge in [0.2, 0.25) is 0 Å². The number of aliphatic carboxylic acids is 1. The second-order valence-corrected chi connectivity index (χ2v) is 6.60. The highest BCUT2D eigenvalue weighted by molar-refractivity contribution is 8.26. The first-order chi connectivity index (χ1) is 10.4. The zero-order valence-electron chi connectivity index (χ0n) is 11.5. The third kappa shape index (κ3) is 3.76. The van der Waals surface area contributed by atoms with Crippen LogP contribution in [0.15, 0.2) is 46.3 Å². The number of carboxylic acids is 1. The van der Waals surface area contributed by atoms with E-state index < -0.39 is 17.9 Å².